The molecule has 0 amide bonds. The molecule has 0 aliphatic carbocycles. The van der Waals surface area contributed by atoms with E-state index in [1.165, 1.54) is 21.9 Å². The summed E-state index contributed by atoms with van der Waals surface area (Å²) >= 11 is 0. The molecule has 6 rings (SSSR count). The topological polar surface area (TPSA) is 39.2 Å². The lowest BCUT2D eigenvalue weighted by Crippen LogP contribution is -2.12. The maximum absolute atomic E-state index is 6.70. The zero-order chi connectivity index (χ0) is 24.5. The molecule has 3 nitrogen and oxygen atoms in total. The van der Waals surface area contributed by atoms with Crippen LogP contribution in [-0.4, -0.2) is 4.98 Å². The van der Waals surface area contributed by atoms with E-state index in [9.17, 15) is 0 Å². The lowest BCUT2D eigenvalue weighted by Gasteiger charge is -2.22. The van der Waals surface area contributed by atoms with Gasteiger partial charge < -0.3 is 8.83 Å². The van der Waals surface area contributed by atoms with Crippen molar-refractivity contribution in [2.24, 2.45) is 5.92 Å². The first-order chi connectivity index (χ1) is 16.7. The molecule has 0 N–H and O–H groups in total. The summed E-state index contributed by atoms with van der Waals surface area (Å²) in [7, 11) is 0. The first-order valence-corrected chi connectivity index (χ1v) is 12.5. The van der Waals surface area contributed by atoms with Crippen molar-refractivity contribution in [1.82, 2.24) is 4.98 Å². The third-order valence-corrected chi connectivity index (χ3v) is 7.06. The summed E-state index contributed by atoms with van der Waals surface area (Å²) in [6.45, 7) is 13.3. The van der Waals surface area contributed by atoms with E-state index in [4.69, 9.17) is 13.8 Å². The second-order valence-corrected chi connectivity index (χ2v) is 11.2. The normalized spacial score (nSPS) is 12.7. The molecule has 0 aliphatic heterocycles. The second-order valence-electron chi connectivity index (χ2n) is 11.2. The molecule has 0 saturated heterocycles. The molecule has 35 heavy (non-hydrogen) atoms. The van der Waals surface area contributed by atoms with E-state index in [0.717, 1.165) is 56.3 Å². The Morgan fingerprint density at radius 2 is 1.63 bits per heavy atom. The van der Waals surface area contributed by atoms with Gasteiger partial charge in [0.1, 0.15) is 22.6 Å². The zero-order valence-electron chi connectivity index (χ0n) is 21.3. The molecule has 3 aromatic heterocycles. The summed E-state index contributed by atoms with van der Waals surface area (Å²) in [5, 5.41) is 5.81. The molecular weight excluding hydrogens is 430 g/mol. The number of hydrogen-bond donors (Lipinski definition) is 0. The van der Waals surface area contributed by atoms with Gasteiger partial charge in [-0.15, -0.1) is 0 Å². The lowest BCUT2D eigenvalue weighted by molar-refractivity contribution is 0.560. The Kier molecular flexibility index (Phi) is 4.83. The van der Waals surface area contributed by atoms with Gasteiger partial charge in [-0.2, -0.15) is 0 Å². The number of benzene rings is 3. The minimum absolute atomic E-state index is 0.00359. The van der Waals surface area contributed by atoms with Crippen LogP contribution in [0.2, 0.25) is 0 Å². The molecule has 0 aliphatic rings. The Labute approximate surface area is 205 Å². The molecule has 176 valence electrons. The Balaban J connectivity index is 1.68. The number of rotatable bonds is 3. The van der Waals surface area contributed by atoms with Crippen LogP contribution in [0.25, 0.3) is 54.9 Å². The van der Waals surface area contributed by atoms with Crippen LogP contribution in [0.1, 0.15) is 51.5 Å². The molecule has 0 unspecified atom stereocenters. The summed E-state index contributed by atoms with van der Waals surface area (Å²) in [5.74, 6) is 1.50. The highest BCUT2D eigenvalue weighted by Gasteiger charge is 2.23. The minimum atomic E-state index is 0.00359. The van der Waals surface area contributed by atoms with Crippen LogP contribution < -0.4 is 0 Å². The number of aromatic nitrogens is 1. The van der Waals surface area contributed by atoms with Crippen LogP contribution in [0.15, 0.2) is 69.6 Å². The van der Waals surface area contributed by atoms with E-state index in [1.807, 2.05) is 6.20 Å². The van der Waals surface area contributed by atoms with Crippen LogP contribution in [0.3, 0.4) is 0 Å². The van der Waals surface area contributed by atoms with E-state index in [2.05, 4.69) is 96.1 Å². The quantitative estimate of drug-likeness (QED) is 0.263. The molecule has 3 aromatic carbocycles. The summed E-state index contributed by atoms with van der Waals surface area (Å²) in [5.41, 5.74) is 7.15. The molecule has 0 spiro atoms. The van der Waals surface area contributed by atoms with Crippen molar-refractivity contribution in [1.29, 1.82) is 0 Å². The minimum Gasteiger partial charge on any atom is -0.461 e. The number of aryl methyl sites for hydroxylation is 1. The van der Waals surface area contributed by atoms with Gasteiger partial charge in [-0.1, -0.05) is 58.9 Å². The molecular formula is C32H31NO2. The standard InChI is InChI=1S/C32H31NO2/c1-18(2)15-25-19(3)34-27-12-11-23-24-13-14-33-29(31(24)35-30(23)28(25)27)21-16-20-9-7-8-10-22(20)26(17-21)32(4,5)6/h7-14,16-18H,15H2,1-6H3. The number of hydrogen-bond acceptors (Lipinski definition) is 3. The monoisotopic (exact) mass is 461 g/mol. The largest absolute Gasteiger partial charge is 0.461 e. The third kappa shape index (κ3) is 3.44. The maximum atomic E-state index is 6.70. The SMILES string of the molecule is Cc1oc2ccc3c4ccnc(-c5cc(C(C)(C)C)c6ccccc6c5)c4oc3c2c1CC(C)C. The van der Waals surface area contributed by atoms with Gasteiger partial charge in [-0.05, 0) is 71.3 Å². The van der Waals surface area contributed by atoms with Crippen LogP contribution in [-0.2, 0) is 11.8 Å². The number of fused-ring (bicyclic) bond motifs is 6. The summed E-state index contributed by atoms with van der Waals surface area (Å²) in [6, 6.07) is 19.4. The Hall–Kier alpha value is -3.59. The van der Waals surface area contributed by atoms with Crippen LogP contribution in [0.5, 0.6) is 0 Å². The predicted molar refractivity (Wildman–Crippen MR) is 146 cm³/mol. The van der Waals surface area contributed by atoms with E-state index in [-0.39, 0.29) is 5.41 Å². The molecule has 3 heteroatoms. The van der Waals surface area contributed by atoms with E-state index in [0.29, 0.717) is 5.92 Å². The highest BCUT2D eigenvalue weighted by atomic mass is 16.3. The first-order valence-electron chi connectivity index (χ1n) is 12.5. The molecule has 0 fully saturated rings. The third-order valence-electron chi connectivity index (χ3n) is 7.06. The molecule has 0 bridgehead atoms. The Morgan fingerprint density at radius 3 is 2.40 bits per heavy atom. The average molecular weight is 462 g/mol. The van der Waals surface area contributed by atoms with Gasteiger partial charge in [0.2, 0.25) is 0 Å². The van der Waals surface area contributed by atoms with Crippen LogP contribution in [0.4, 0.5) is 0 Å². The lowest BCUT2D eigenvalue weighted by atomic mass is 9.82. The number of furan rings is 2. The van der Waals surface area contributed by atoms with Gasteiger partial charge >= 0.3 is 0 Å². The fourth-order valence-corrected chi connectivity index (χ4v) is 5.45. The van der Waals surface area contributed by atoms with Crippen LogP contribution in [0, 0.1) is 12.8 Å². The van der Waals surface area contributed by atoms with Crippen molar-refractivity contribution >= 4 is 43.7 Å². The maximum Gasteiger partial charge on any atom is 0.161 e. The van der Waals surface area contributed by atoms with Gasteiger partial charge in [0.05, 0.1) is 5.39 Å². The fourth-order valence-electron chi connectivity index (χ4n) is 5.45. The van der Waals surface area contributed by atoms with Gasteiger partial charge in [-0.3, -0.25) is 4.98 Å². The van der Waals surface area contributed by atoms with Crippen LogP contribution >= 0.6 is 0 Å². The first kappa shape index (κ1) is 21.9. The van der Waals surface area contributed by atoms with Crippen molar-refractivity contribution < 1.29 is 8.83 Å². The Bertz CT molecular complexity index is 1740. The van der Waals surface area contributed by atoms with Gasteiger partial charge in [0.15, 0.2) is 5.58 Å². The van der Waals surface area contributed by atoms with Gasteiger partial charge in [0, 0.05) is 28.1 Å². The number of nitrogens with zero attached hydrogens (tertiary/aromatic N) is 1. The van der Waals surface area contributed by atoms with Crippen molar-refractivity contribution in [3.63, 3.8) is 0 Å². The van der Waals surface area contributed by atoms with Gasteiger partial charge in [-0.25, -0.2) is 0 Å². The van der Waals surface area contributed by atoms with Crippen molar-refractivity contribution in [3.05, 3.63) is 77.7 Å². The van der Waals surface area contributed by atoms with Crippen molar-refractivity contribution in [2.75, 3.05) is 0 Å². The zero-order valence-corrected chi connectivity index (χ0v) is 21.3. The van der Waals surface area contributed by atoms with E-state index in [1.54, 1.807) is 0 Å². The fraction of sp³-hybridized carbons (Fsp3) is 0.281. The smallest absolute Gasteiger partial charge is 0.161 e. The summed E-state index contributed by atoms with van der Waals surface area (Å²) in [4.78, 5) is 4.84. The molecule has 3 heterocycles. The summed E-state index contributed by atoms with van der Waals surface area (Å²) in [6.07, 6.45) is 2.86. The van der Waals surface area contributed by atoms with E-state index >= 15 is 0 Å². The molecule has 0 atom stereocenters. The molecule has 6 aromatic rings. The number of pyridine rings is 1. The second kappa shape index (κ2) is 7.71. The van der Waals surface area contributed by atoms with Crippen molar-refractivity contribution in [2.45, 2.75) is 53.4 Å². The predicted octanol–water partition coefficient (Wildman–Crippen LogP) is 9.35. The molecule has 0 radical (unpaired) electrons. The van der Waals surface area contributed by atoms with E-state index < -0.39 is 0 Å². The average Bonchev–Trinajstić information content (AvgIpc) is 3.34. The summed E-state index contributed by atoms with van der Waals surface area (Å²) < 4.78 is 12.8. The molecule has 0 saturated carbocycles. The Morgan fingerprint density at radius 1 is 0.857 bits per heavy atom. The van der Waals surface area contributed by atoms with Gasteiger partial charge in [0.25, 0.3) is 0 Å². The highest BCUT2D eigenvalue weighted by Crippen LogP contribution is 2.42. The van der Waals surface area contributed by atoms with Crippen molar-refractivity contribution in [3.8, 4) is 11.3 Å². The highest BCUT2D eigenvalue weighted by molar-refractivity contribution is 6.17.